The molecule has 19 heavy (non-hydrogen) atoms. The lowest BCUT2D eigenvalue weighted by Gasteiger charge is -2.18. The molecule has 1 nitrogen and oxygen atoms in total. The van der Waals surface area contributed by atoms with Gasteiger partial charge in [-0.05, 0) is 49.9 Å². The summed E-state index contributed by atoms with van der Waals surface area (Å²) in [5.74, 6) is 0. The van der Waals surface area contributed by atoms with Crippen molar-refractivity contribution in [2.45, 2.75) is 32.2 Å². The molecular weight excluding hydrogens is 230 g/mol. The Morgan fingerprint density at radius 3 is 2.32 bits per heavy atom. The number of aryl methyl sites for hydroxylation is 2. The molecule has 2 aromatic carbocycles. The van der Waals surface area contributed by atoms with Crippen molar-refractivity contribution in [1.82, 2.24) is 5.32 Å². The Balaban J connectivity index is 1.92. The molecule has 1 N–H and O–H groups in total. The molecule has 0 radical (unpaired) electrons. The largest absolute Gasteiger partial charge is 0.313 e. The fourth-order valence-corrected chi connectivity index (χ4v) is 2.59. The third-order valence-corrected chi connectivity index (χ3v) is 3.71. The Kier molecular flexibility index (Phi) is 5.17. The van der Waals surface area contributed by atoms with Crippen molar-refractivity contribution < 1.29 is 0 Å². The fraction of sp³-hybridized carbons (Fsp3) is 0.333. The molecule has 0 saturated carbocycles. The van der Waals surface area contributed by atoms with E-state index in [0.29, 0.717) is 6.04 Å². The highest BCUT2D eigenvalue weighted by Crippen LogP contribution is 2.22. The van der Waals surface area contributed by atoms with Crippen LogP contribution < -0.4 is 5.32 Å². The summed E-state index contributed by atoms with van der Waals surface area (Å²) in [5, 5.41) is 3.45. The fourth-order valence-electron chi connectivity index (χ4n) is 2.59. The highest BCUT2D eigenvalue weighted by molar-refractivity contribution is 5.28. The van der Waals surface area contributed by atoms with E-state index in [9.17, 15) is 0 Å². The topological polar surface area (TPSA) is 12.0 Å². The minimum atomic E-state index is 0.463. The summed E-state index contributed by atoms with van der Waals surface area (Å²) in [7, 11) is 2.06. The van der Waals surface area contributed by atoms with Crippen LogP contribution in [0.15, 0.2) is 54.6 Å². The highest BCUT2D eigenvalue weighted by Gasteiger charge is 2.10. The van der Waals surface area contributed by atoms with E-state index < -0.39 is 0 Å². The molecule has 0 aliphatic heterocycles. The lowest BCUT2D eigenvalue weighted by atomic mass is 9.96. The van der Waals surface area contributed by atoms with Crippen LogP contribution in [-0.2, 0) is 6.42 Å². The third-order valence-electron chi connectivity index (χ3n) is 3.71. The van der Waals surface area contributed by atoms with Gasteiger partial charge in [0, 0.05) is 6.04 Å². The van der Waals surface area contributed by atoms with Crippen LogP contribution in [0.5, 0.6) is 0 Å². The minimum absolute atomic E-state index is 0.463. The van der Waals surface area contributed by atoms with Gasteiger partial charge in [-0.25, -0.2) is 0 Å². The van der Waals surface area contributed by atoms with E-state index in [1.54, 1.807) is 0 Å². The van der Waals surface area contributed by atoms with Crippen molar-refractivity contribution in [2.24, 2.45) is 0 Å². The van der Waals surface area contributed by atoms with Gasteiger partial charge in [-0.1, -0.05) is 54.6 Å². The number of nitrogens with one attached hydrogen (secondary N) is 1. The van der Waals surface area contributed by atoms with Gasteiger partial charge in [0.25, 0.3) is 0 Å². The predicted molar refractivity (Wildman–Crippen MR) is 82.4 cm³/mol. The van der Waals surface area contributed by atoms with E-state index in [2.05, 4.69) is 73.9 Å². The zero-order valence-corrected chi connectivity index (χ0v) is 11.9. The van der Waals surface area contributed by atoms with Gasteiger partial charge in [-0.3, -0.25) is 0 Å². The van der Waals surface area contributed by atoms with Crippen LogP contribution in [0.4, 0.5) is 0 Å². The standard InChI is InChI=1S/C18H23N/c1-15-9-6-7-13-17(15)18(19-2)14-8-12-16-10-4-3-5-11-16/h3-7,9-11,13,18-19H,8,12,14H2,1-2H3. The molecule has 0 bridgehead atoms. The number of benzene rings is 2. The van der Waals surface area contributed by atoms with Crippen molar-refractivity contribution >= 4 is 0 Å². The van der Waals surface area contributed by atoms with Crippen LogP contribution >= 0.6 is 0 Å². The van der Waals surface area contributed by atoms with Crippen molar-refractivity contribution in [3.05, 3.63) is 71.3 Å². The van der Waals surface area contributed by atoms with Crippen LogP contribution in [0.3, 0.4) is 0 Å². The second-order valence-corrected chi connectivity index (χ2v) is 5.08. The van der Waals surface area contributed by atoms with Crippen LogP contribution in [-0.4, -0.2) is 7.05 Å². The lowest BCUT2D eigenvalue weighted by molar-refractivity contribution is 0.525. The van der Waals surface area contributed by atoms with Crippen molar-refractivity contribution in [3.8, 4) is 0 Å². The van der Waals surface area contributed by atoms with Crippen LogP contribution in [0.1, 0.15) is 35.6 Å². The molecule has 1 unspecified atom stereocenters. The Hall–Kier alpha value is -1.60. The Labute approximate surface area is 116 Å². The Morgan fingerprint density at radius 1 is 0.947 bits per heavy atom. The molecule has 0 amide bonds. The van der Waals surface area contributed by atoms with Crippen LogP contribution in [0.2, 0.25) is 0 Å². The Bertz CT molecular complexity index is 490. The summed E-state index contributed by atoms with van der Waals surface area (Å²) in [6, 6.07) is 19.9. The molecule has 2 rings (SSSR count). The predicted octanol–water partition coefficient (Wildman–Crippen LogP) is 4.28. The first-order valence-corrected chi connectivity index (χ1v) is 7.08. The second kappa shape index (κ2) is 7.10. The zero-order valence-electron chi connectivity index (χ0n) is 11.9. The van der Waals surface area contributed by atoms with Gasteiger partial charge in [0.2, 0.25) is 0 Å². The summed E-state index contributed by atoms with van der Waals surface area (Å²) < 4.78 is 0. The van der Waals surface area contributed by atoms with E-state index in [4.69, 9.17) is 0 Å². The summed E-state index contributed by atoms with van der Waals surface area (Å²) in [4.78, 5) is 0. The van der Waals surface area contributed by atoms with Crippen molar-refractivity contribution in [1.29, 1.82) is 0 Å². The van der Waals surface area contributed by atoms with Crippen LogP contribution in [0, 0.1) is 6.92 Å². The maximum atomic E-state index is 3.45. The number of hydrogen-bond acceptors (Lipinski definition) is 1. The maximum absolute atomic E-state index is 3.45. The maximum Gasteiger partial charge on any atom is 0.0320 e. The first-order chi connectivity index (χ1) is 9.31. The summed E-state index contributed by atoms with van der Waals surface area (Å²) in [6.07, 6.45) is 3.55. The molecule has 1 heteroatoms. The van der Waals surface area contributed by atoms with Gasteiger partial charge in [-0.15, -0.1) is 0 Å². The molecule has 0 spiro atoms. The number of hydrogen-bond donors (Lipinski definition) is 1. The normalized spacial score (nSPS) is 12.3. The van der Waals surface area contributed by atoms with Gasteiger partial charge in [0.05, 0.1) is 0 Å². The molecule has 0 aromatic heterocycles. The van der Waals surface area contributed by atoms with E-state index in [1.165, 1.54) is 29.5 Å². The van der Waals surface area contributed by atoms with Crippen molar-refractivity contribution in [3.63, 3.8) is 0 Å². The monoisotopic (exact) mass is 253 g/mol. The molecule has 1 atom stereocenters. The average molecular weight is 253 g/mol. The summed E-state index contributed by atoms with van der Waals surface area (Å²) in [6.45, 7) is 2.19. The van der Waals surface area contributed by atoms with E-state index in [-0.39, 0.29) is 0 Å². The molecule has 0 aliphatic carbocycles. The smallest absolute Gasteiger partial charge is 0.0320 e. The van der Waals surface area contributed by atoms with Crippen molar-refractivity contribution in [2.75, 3.05) is 7.05 Å². The second-order valence-electron chi connectivity index (χ2n) is 5.08. The lowest BCUT2D eigenvalue weighted by Crippen LogP contribution is -2.17. The quantitative estimate of drug-likeness (QED) is 0.810. The molecule has 0 fully saturated rings. The molecular formula is C18H23N. The number of rotatable bonds is 6. The van der Waals surface area contributed by atoms with E-state index in [0.717, 1.165) is 6.42 Å². The first kappa shape index (κ1) is 13.8. The highest BCUT2D eigenvalue weighted by atomic mass is 14.9. The summed E-state index contributed by atoms with van der Waals surface area (Å²) >= 11 is 0. The summed E-state index contributed by atoms with van der Waals surface area (Å²) in [5.41, 5.74) is 4.24. The average Bonchev–Trinajstić information content (AvgIpc) is 2.46. The Morgan fingerprint density at radius 2 is 1.63 bits per heavy atom. The first-order valence-electron chi connectivity index (χ1n) is 7.08. The van der Waals surface area contributed by atoms with Gasteiger partial charge in [-0.2, -0.15) is 0 Å². The van der Waals surface area contributed by atoms with Crippen LogP contribution in [0.25, 0.3) is 0 Å². The van der Waals surface area contributed by atoms with E-state index >= 15 is 0 Å². The SMILES string of the molecule is CNC(CCCc1ccccc1)c1ccccc1C. The molecule has 2 aromatic rings. The third kappa shape index (κ3) is 3.93. The van der Waals surface area contributed by atoms with E-state index in [1.807, 2.05) is 0 Å². The van der Waals surface area contributed by atoms with Gasteiger partial charge < -0.3 is 5.32 Å². The minimum Gasteiger partial charge on any atom is -0.313 e. The molecule has 0 heterocycles. The van der Waals surface area contributed by atoms with Gasteiger partial charge >= 0.3 is 0 Å². The molecule has 0 saturated heterocycles. The van der Waals surface area contributed by atoms with Gasteiger partial charge in [0.15, 0.2) is 0 Å². The molecule has 100 valence electrons. The van der Waals surface area contributed by atoms with Gasteiger partial charge in [0.1, 0.15) is 0 Å². The zero-order chi connectivity index (χ0) is 13.5. The molecule has 0 aliphatic rings.